The van der Waals surface area contributed by atoms with Gasteiger partial charge in [-0.05, 0) is 44.4 Å². The van der Waals surface area contributed by atoms with Crippen molar-refractivity contribution in [3.63, 3.8) is 0 Å². The lowest BCUT2D eigenvalue weighted by atomic mass is 10.0. The zero-order valence-electron chi connectivity index (χ0n) is 18.4. The molecule has 1 saturated carbocycles. The Morgan fingerprint density at radius 2 is 1.82 bits per heavy atom. The zero-order valence-corrected chi connectivity index (χ0v) is 18.4. The fraction of sp³-hybridized carbons (Fsp3) is 0.231. The number of aryl methyl sites for hydroxylation is 1. The molecule has 0 bridgehead atoms. The first-order valence-corrected chi connectivity index (χ1v) is 10.9. The van der Waals surface area contributed by atoms with Gasteiger partial charge in [-0.15, -0.1) is 0 Å². The Balaban J connectivity index is 1.36. The molecule has 7 nitrogen and oxygen atoms in total. The van der Waals surface area contributed by atoms with E-state index in [1.165, 1.54) is 0 Å². The van der Waals surface area contributed by atoms with Crippen LogP contribution in [0.25, 0.3) is 22.2 Å². The van der Waals surface area contributed by atoms with Crippen LogP contribution in [0.2, 0.25) is 0 Å². The molecule has 0 saturated heterocycles. The molecule has 1 atom stereocenters. The SMILES string of the molecule is Cc1noc2nc(C3CC3)cc(C(=O)OC(C)C(=O)Nc3ccccc3-c3ccccc3)c12. The number of carbonyl (C=O) groups excluding carboxylic acids is 2. The van der Waals surface area contributed by atoms with Crippen LogP contribution in [0.15, 0.2) is 65.2 Å². The lowest BCUT2D eigenvalue weighted by molar-refractivity contribution is -0.123. The number of carbonyl (C=O) groups is 2. The molecule has 1 N–H and O–H groups in total. The number of anilines is 1. The van der Waals surface area contributed by atoms with Crippen molar-refractivity contribution < 1.29 is 18.8 Å². The number of hydrogen-bond donors (Lipinski definition) is 1. The Hall–Kier alpha value is -4.00. The number of nitrogens with one attached hydrogen (secondary N) is 1. The summed E-state index contributed by atoms with van der Waals surface area (Å²) in [4.78, 5) is 30.5. The number of pyridine rings is 1. The largest absolute Gasteiger partial charge is 0.449 e. The van der Waals surface area contributed by atoms with E-state index >= 15 is 0 Å². The van der Waals surface area contributed by atoms with Gasteiger partial charge < -0.3 is 14.6 Å². The van der Waals surface area contributed by atoms with Crippen LogP contribution in [-0.4, -0.2) is 28.1 Å². The monoisotopic (exact) mass is 441 g/mol. The van der Waals surface area contributed by atoms with Crippen LogP contribution in [0.5, 0.6) is 0 Å². The molecule has 2 aromatic carbocycles. The number of benzene rings is 2. The lowest BCUT2D eigenvalue weighted by Gasteiger charge is -2.16. The first-order valence-electron chi connectivity index (χ1n) is 10.9. The van der Waals surface area contributed by atoms with Crippen molar-refractivity contribution in [3.05, 3.63) is 77.6 Å². The summed E-state index contributed by atoms with van der Waals surface area (Å²) >= 11 is 0. The Morgan fingerprint density at radius 3 is 2.58 bits per heavy atom. The average Bonchev–Trinajstić information content (AvgIpc) is 3.62. The maximum absolute atomic E-state index is 13.1. The van der Waals surface area contributed by atoms with Gasteiger partial charge in [0.2, 0.25) is 0 Å². The Labute approximate surface area is 190 Å². The van der Waals surface area contributed by atoms with E-state index in [4.69, 9.17) is 9.26 Å². The summed E-state index contributed by atoms with van der Waals surface area (Å²) in [5.41, 5.74) is 4.50. The first kappa shape index (κ1) is 20.9. The van der Waals surface area contributed by atoms with Crippen LogP contribution in [-0.2, 0) is 9.53 Å². The minimum absolute atomic E-state index is 0.317. The van der Waals surface area contributed by atoms with Gasteiger partial charge in [0.15, 0.2) is 6.10 Å². The predicted octanol–water partition coefficient (Wildman–Crippen LogP) is 5.26. The van der Waals surface area contributed by atoms with Gasteiger partial charge in [-0.3, -0.25) is 4.79 Å². The molecule has 0 aliphatic heterocycles. The highest BCUT2D eigenvalue weighted by Gasteiger charge is 2.30. The van der Waals surface area contributed by atoms with E-state index < -0.39 is 18.0 Å². The highest BCUT2D eigenvalue weighted by molar-refractivity contribution is 6.05. The summed E-state index contributed by atoms with van der Waals surface area (Å²) in [5, 5.41) is 7.35. The molecule has 1 amide bonds. The summed E-state index contributed by atoms with van der Waals surface area (Å²) in [6.45, 7) is 3.30. The molecule has 166 valence electrons. The van der Waals surface area contributed by atoms with Crippen LogP contribution >= 0.6 is 0 Å². The van der Waals surface area contributed by atoms with Crippen molar-refractivity contribution in [3.8, 4) is 11.1 Å². The van der Waals surface area contributed by atoms with Gasteiger partial charge in [-0.1, -0.05) is 53.7 Å². The lowest BCUT2D eigenvalue weighted by Crippen LogP contribution is -2.30. The number of para-hydroxylation sites is 1. The molecule has 1 aliphatic carbocycles. The van der Waals surface area contributed by atoms with E-state index in [-0.39, 0.29) is 0 Å². The third-order valence-electron chi connectivity index (χ3n) is 5.78. The van der Waals surface area contributed by atoms with Gasteiger partial charge in [0.05, 0.1) is 16.6 Å². The van der Waals surface area contributed by atoms with Crippen LogP contribution < -0.4 is 5.32 Å². The van der Waals surface area contributed by atoms with E-state index in [0.717, 1.165) is 29.7 Å². The average molecular weight is 441 g/mol. The van der Waals surface area contributed by atoms with E-state index in [1.54, 1.807) is 19.9 Å². The number of amides is 1. The molecular weight excluding hydrogens is 418 g/mol. The van der Waals surface area contributed by atoms with Crippen molar-refractivity contribution in [2.75, 3.05) is 5.32 Å². The normalized spacial score (nSPS) is 14.1. The summed E-state index contributed by atoms with van der Waals surface area (Å²) in [6.07, 6.45) is 1.05. The van der Waals surface area contributed by atoms with Crippen LogP contribution in [0.3, 0.4) is 0 Å². The second kappa shape index (κ2) is 8.50. The van der Waals surface area contributed by atoms with Gasteiger partial charge in [-0.25, -0.2) is 9.78 Å². The Morgan fingerprint density at radius 1 is 1.09 bits per heavy atom. The van der Waals surface area contributed by atoms with Crippen molar-refractivity contribution in [1.29, 1.82) is 0 Å². The van der Waals surface area contributed by atoms with E-state index in [9.17, 15) is 9.59 Å². The van der Waals surface area contributed by atoms with Crippen LogP contribution in [0, 0.1) is 6.92 Å². The minimum atomic E-state index is -1.01. The predicted molar refractivity (Wildman–Crippen MR) is 124 cm³/mol. The van der Waals surface area contributed by atoms with Gasteiger partial charge in [0, 0.05) is 22.9 Å². The third-order valence-corrected chi connectivity index (χ3v) is 5.78. The standard InChI is InChI=1S/C26H23N3O4/c1-15-23-20(14-22(18-12-13-18)28-25(23)33-29-15)26(31)32-16(2)24(30)27-21-11-7-6-10-19(21)17-8-4-3-5-9-17/h3-11,14,16,18H,12-13H2,1-2H3,(H,27,30). The van der Waals surface area contributed by atoms with E-state index in [1.807, 2.05) is 54.6 Å². The maximum atomic E-state index is 13.1. The molecule has 1 unspecified atom stereocenters. The molecule has 2 aromatic heterocycles. The van der Waals surface area contributed by atoms with Crippen molar-refractivity contribution in [2.45, 2.75) is 38.7 Å². The fourth-order valence-corrected chi connectivity index (χ4v) is 3.84. The molecule has 1 aliphatic rings. The molecule has 33 heavy (non-hydrogen) atoms. The number of fused-ring (bicyclic) bond motifs is 1. The number of aromatic nitrogens is 2. The quantitative estimate of drug-likeness (QED) is 0.410. The van der Waals surface area contributed by atoms with Crippen LogP contribution in [0.1, 0.15) is 47.4 Å². The molecular formula is C26H23N3O4. The van der Waals surface area contributed by atoms with E-state index in [0.29, 0.717) is 34.0 Å². The second-order valence-electron chi connectivity index (χ2n) is 8.27. The number of ether oxygens (including phenoxy) is 1. The summed E-state index contributed by atoms with van der Waals surface area (Å²) in [5.74, 6) is -0.697. The van der Waals surface area contributed by atoms with Gasteiger partial charge >= 0.3 is 5.97 Å². The smallest absolute Gasteiger partial charge is 0.339 e. The summed E-state index contributed by atoms with van der Waals surface area (Å²) in [6, 6.07) is 19.0. The summed E-state index contributed by atoms with van der Waals surface area (Å²) in [7, 11) is 0. The Bertz CT molecular complexity index is 1340. The topological polar surface area (TPSA) is 94.3 Å². The number of hydrogen-bond acceptors (Lipinski definition) is 6. The number of nitrogens with zero attached hydrogens (tertiary/aromatic N) is 2. The number of esters is 1. The third kappa shape index (κ3) is 4.22. The Kier molecular flexibility index (Phi) is 5.38. The molecule has 2 heterocycles. The van der Waals surface area contributed by atoms with Gasteiger partial charge in [-0.2, -0.15) is 0 Å². The molecule has 4 aromatic rings. The zero-order chi connectivity index (χ0) is 22.9. The van der Waals surface area contributed by atoms with Crippen molar-refractivity contribution >= 4 is 28.7 Å². The first-order chi connectivity index (χ1) is 16.0. The molecule has 0 spiro atoms. The second-order valence-corrected chi connectivity index (χ2v) is 8.27. The highest BCUT2D eigenvalue weighted by Crippen LogP contribution is 2.40. The molecule has 0 radical (unpaired) electrons. The minimum Gasteiger partial charge on any atom is -0.449 e. The maximum Gasteiger partial charge on any atom is 0.339 e. The molecule has 5 rings (SSSR count). The van der Waals surface area contributed by atoms with E-state index in [2.05, 4.69) is 15.5 Å². The van der Waals surface area contributed by atoms with Crippen LogP contribution in [0.4, 0.5) is 5.69 Å². The van der Waals surface area contributed by atoms with Crippen molar-refractivity contribution in [2.24, 2.45) is 0 Å². The summed E-state index contributed by atoms with van der Waals surface area (Å²) < 4.78 is 10.9. The molecule has 7 heteroatoms. The van der Waals surface area contributed by atoms with Gasteiger partial charge in [0.25, 0.3) is 11.6 Å². The highest BCUT2D eigenvalue weighted by atomic mass is 16.5. The number of rotatable bonds is 6. The van der Waals surface area contributed by atoms with Crippen molar-refractivity contribution in [1.82, 2.24) is 10.1 Å². The van der Waals surface area contributed by atoms with Gasteiger partial charge in [0.1, 0.15) is 0 Å². The fourth-order valence-electron chi connectivity index (χ4n) is 3.84. The molecule has 1 fully saturated rings.